The highest BCUT2D eigenvalue weighted by Crippen LogP contribution is 2.42. The van der Waals surface area contributed by atoms with Gasteiger partial charge in [-0.25, -0.2) is 24.9 Å². The van der Waals surface area contributed by atoms with E-state index < -0.39 is 11.7 Å². The third-order valence-corrected chi connectivity index (χ3v) is 10.5. The standard InChI is InChI=1S/C44H24F3N5OS/c45-44(46,47)29-21-18-25(19-22-29)37-39-38(30-14-7-8-16-33(30)53-39)49-42(48-37)28-20-23-31-35(24-28)54-34-17-9-15-32(36(31)34)43-51-40(26-10-3-1-4-11-26)50-41(52-43)27-12-5-2-6-13-27/h1-24H. The Bertz CT molecular complexity index is 2980. The number of hydrogen-bond acceptors (Lipinski definition) is 7. The predicted octanol–water partition coefficient (Wildman–Crippen LogP) is 12.3. The van der Waals surface area contributed by atoms with Crippen molar-refractivity contribution in [3.8, 4) is 56.8 Å². The zero-order valence-electron chi connectivity index (χ0n) is 28.0. The molecule has 0 N–H and O–H groups in total. The van der Waals surface area contributed by atoms with E-state index in [0.29, 0.717) is 51.2 Å². The van der Waals surface area contributed by atoms with Gasteiger partial charge in [-0.2, -0.15) is 13.2 Å². The number of rotatable bonds is 5. The highest BCUT2D eigenvalue weighted by atomic mass is 32.1. The molecule has 0 aliphatic heterocycles. The predicted molar refractivity (Wildman–Crippen MR) is 208 cm³/mol. The molecule has 0 radical (unpaired) electrons. The van der Waals surface area contributed by atoms with Gasteiger partial charge in [-0.15, -0.1) is 11.3 Å². The zero-order valence-corrected chi connectivity index (χ0v) is 28.9. The van der Waals surface area contributed by atoms with Crippen molar-refractivity contribution in [2.45, 2.75) is 6.18 Å². The van der Waals surface area contributed by atoms with E-state index in [2.05, 4.69) is 18.2 Å². The number of para-hydroxylation sites is 1. The van der Waals surface area contributed by atoms with Gasteiger partial charge in [0.25, 0.3) is 0 Å². The largest absolute Gasteiger partial charge is 0.452 e. The Kier molecular flexibility index (Phi) is 7.34. The van der Waals surface area contributed by atoms with Crippen molar-refractivity contribution >= 4 is 53.6 Å². The summed E-state index contributed by atoms with van der Waals surface area (Å²) in [6, 6.07) is 44.5. The van der Waals surface area contributed by atoms with Gasteiger partial charge in [0.1, 0.15) is 16.8 Å². The Labute approximate surface area is 309 Å². The third kappa shape index (κ3) is 5.46. The fraction of sp³-hybridized carbons (Fsp3) is 0.0227. The summed E-state index contributed by atoms with van der Waals surface area (Å²) in [6.45, 7) is 0. The smallest absolute Gasteiger partial charge is 0.416 e. The van der Waals surface area contributed by atoms with Gasteiger partial charge in [-0.1, -0.05) is 109 Å². The van der Waals surface area contributed by atoms with Crippen molar-refractivity contribution in [3.63, 3.8) is 0 Å². The van der Waals surface area contributed by atoms with Crippen LogP contribution in [0.15, 0.2) is 150 Å². The molecule has 0 amide bonds. The molecule has 4 heterocycles. The first kappa shape index (κ1) is 31.9. The summed E-state index contributed by atoms with van der Waals surface area (Å²) in [5.74, 6) is 2.17. The molecule has 258 valence electrons. The van der Waals surface area contributed by atoms with Crippen molar-refractivity contribution in [2.75, 3.05) is 0 Å². The molecule has 0 fully saturated rings. The molecule has 4 aromatic heterocycles. The lowest BCUT2D eigenvalue weighted by Gasteiger charge is -2.10. The van der Waals surface area contributed by atoms with Gasteiger partial charge >= 0.3 is 6.18 Å². The van der Waals surface area contributed by atoms with Crippen LogP contribution >= 0.6 is 11.3 Å². The van der Waals surface area contributed by atoms with Crippen molar-refractivity contribution in [3.05, 3.63) is 151 Å². The van der Waals surface area contributed by atoms with E-state index in [1.807, 2.05) is 103 Å². The van der Waals surface area contributed by atoms with Crippen LogP contribution in [-0.4, -0.2) is 24.9 Å². The highest BCUT2D eigenvalue weighted by molar-refractivity contribution is 7.26. The normalized spacial score (nSPS) is 12.0. The molecule has 0 atom stereocenters. The molecule has 54 heavy (non-hydrogen) atoms. The van der Waals surface area contributed by atoms with E-state index in [1.54, 1.807) is 11.3 Å². The molecule has 6 aromatic carbocycles. The fourth-order valence-corrected chi connectivity index (χ4v) is 7.98. The van der Waals surface area contributed by atoms with Crippen LogP contribution in [0.2, 0.25) is 0 Å². The number of fused-ring (bicyclic) bond motifs is 6. The van der Waals surface area contributed by atoms with Gasteiger partial charge in [-0.3, -0.25) is 0 Å². The highest BCUT2D eigenvalue weighted by Gasteiger charge is 2.30. The minimum absolute atomic E-state index is 0.411. The second-order valence-corrected chi connectivity index (χ2v) is 13.9. The molecule has 0 saturated carbocycles. The third-order valence-electron chi connectivity index (χ3n) is 9.40. The molecular formula is C44H24F3N5OS. The zero-order chi connectivity index (χ0) is 36.4. The minimum Gasteiger partial charge on any atom is -0.452 e. The summed E-state index contributed by atoms with van der Waals surface area (Å²) in [4.78, 5) is 24.8. The van der Waals surface area contributed by atoms with Crippen LogP contribution < -0.4 is 0 Å². The Morgan fingerprint density at radius 1 is 0.481 bits per heavy atom. The Hall–Kier alpha value is -6.78. The summed E-state index contributed by atoms with van der Waals surface area (Å²) in [6.07, 6.45) is -4.46. The van der Waals surface area contributed by atoms with Crippen LogP contribution in [0.4, 0.5) is 13.2 Å². The quantitative estimate of drug-likeness (QED) is 0.176. The topological polar surface area (TPSA) is 77.6 Å². The maximum atomic E-state index is 13.4. The van der Waals surface area contributed by atoms with Crippen molar-refractivity contribution in [1.82, 2.24) is 24.9 Å². The number of thiophene rings is 1. The van der Waals surface area contributed by atoms with E-state index in [1.165, 1.54) is 12.1 Å². The van der Waals surface area contributed by atoms with E-state index >= 15 is 0 Å². The van der Waals surface area contributed by atoms with Crippen LogP contribution in [0.1, 0.15) is 5.56 Å². The molecule has 0 unspecified atom stereocenters. The second-order valence-electron chi connectivity index (χ2n) is 12.8. The van der Waals surface area contributed by atoms with Crippen LogP contribution in [0.3, 0.4) is 0 Å². The van der Waals surface area contributed by atoms with Crippen LogP contribution in [0.25, 0.3) is 99.1 Å². The number of furan rings is 1. The molecule has 0 bridgehead atoms. The van der Waals surface area contributed by atoms with Gasteiger partial charge in [0.15, 0.2) is 28.9 Å². The molecule has 6 nitrogen and oxygen atoms in total. The number of hydrogen-bond donors (Lipinski definition) is 0. The first-order chi connectivity index (χ1) is 26.4. The van der Waals surface area contributed by atoms with Crippen molar-refractivity contribution in [1.29, 1.82) is 0 Å². The summed E-state index contributed by atoms with van der Waals surface area (Å²) in [5, 5.41) is 2.84. The van der Waals surface area contributed by atoms with E-state index in [9.17, 15) is 13.2 Å². The molecule has 0 spiro atoms. The number of benzene rings is 6. The maximum absolute atomic E-state index is 13.4. The number of nitrogens with zero attached hydrogens (tertiary/aromatic N) is 5. The van der Waals surface area contributed by atoms with Crippen molar-refractivity contribution < 1.29 is 17.6 Å². The SMILES string of the molecule is FC(F)(F)c1ccc(-c2nc(-c3ccc4c(c3)sc3cccc(-c5nc(-c6ccccc6)nc(-c6ccccc6)n5)c34)nc3c2oc2ccccc23)cc1. The molecule has 0 aliphatic carbocycles. The monoisotopic (exact) mass is 727 g/mol. The lowest BCUT2D eigenvalue weighted by molar-refractivity contribution is -0.137. The first-order valence-electron chi connectivity index (χ1n) is 17.1. The average Bonchev–Trinajstić information content (AvgIpc) is 3.79. The Morgan fingerprint density at radius 3 is 1.81 bits per heavy atom. The van der Waals surface area contributed by atoms with Crippen LogP contribution in [0.5, 0.6) is 0 Å². The van der Waals surface area contributed by atoms with Gasteiger partial charge in [0.05, 0.1) is 5.56 Å². The second kappa shape index (κ2) is 12.4. The molecular weight excluding hydrogens is 704 g/mol. The molecule has 10 rings (SSSR count). The summed E-state index contributed by atoms with van der Waals surface area (Å²) in [7, 11) is 0. The van der Waals surface area contributed by atoms with Crippen LogP contribution in [-0.2, 0) is 6.18 Å². The Morgan fingerprint density at radius 2 is 1.11 bits per heavy atom. The number of aromatic nitrogens is 5. The lowest BCUT2D eigenvalue weighted by Crippen LogP contribution is -2.04. The van der Waals surface area contributed by atoms with E-state index in [0.717, 1.165) is 59.9 Å². The summed E-state index contributed by atoms with van der Waals surface area (Å²) >= 11 is 1.64. The molecule has 0 aliphatic rings. The van der Waals surface area contributed by atoms with E-state index in [-0.39, 0.29) is 0 Å². The average molecular weight is 728 g/mol. The molecule has 10 aromatic rings. The molecule has 10 heteroatoms. The van der Waals surface area contributed by atoms with Gasteiger partial charge in [0.2, 0.25) is 0 Å². The van der Waals surface area contributed by atoms with E-state index in [4.69, 9.17) is 29.3 Å². The summed E-state index contributed by atoms with van der Waals surface area (Å²) in [5.41, 5.74) is 5.21. The fourth-order valence-electron chi connectivity index (χ4n) is 6.81. The number of alkyl halides is 3. The number of halogens is 3. The Balaban J connectivity index is 1.14. The maximum Gasteiger partial charge on any atom is 0.416 e. The van der Waals surface area contributed by atoms with Crippen molar-refractivity contribution in [2.24, 2.45) is 0 Å². The minimum atomic E-state index is -4.46. The lowest BCUT2D eigenvalue weighted by atomic mass is 10.0. The van der Waals surface area contributed by atoms with Gasteiger partial charge in [-0.05, 0) is 36.4 Å². The molecule has 0 saturated heterocycles. The van der Waals surface area contributed by atoms with Gasteiger partial charge in [0, 0.05) is 53.4 Å². The van der Waals surface area contributed by atoms with Crippen LogP contribution in [0, 0.1) is 0 Å². The first-order valence-corrected chi connectivity index (χ1v) is 17.9. The summed E-state index contributed by atoms with van der Waals surface area (Å²) < 4.78 is 48.6. The van der Waals surface area contributed by atoms with Gasteiger partial charge < -0.3 is 4.42 Å².